The lowest BCUT2D eigenvalue weighted by molar-refractivity contribution is -0.132. The van der Waals surface area contributed by atoms with E-state index in [-0.39, 0.29) is 24.2 Å². The summed E-state index contributed by atoms with van der Waals surface area (Å²) in [5.74, 6) is 0.635. The standard InChI is InChI=1S/C16H23ClN2O/c1-5-10(2)12(4)19-15(18-11(3)16(19)20)13-7-6-8-14(17)9-13/h6-12,15,18H,5H2,1-4H3. The topological polar surface area (TPSA) is 32.3 Å². The number of carbonyl (C=O) groups is 1. The third-order valence-corrected chi connectivity index (χ3v) is 4.62. The molecule has 4 unspecified atom stereocenters. The number of amides is 1. The van der Waals surface area contributed by atoms with Crippen molar-refractivity contribution in [1.82, 2.24) is 10.2 Å². The summed E-state index contributed by atoms with van der Waals surface area (Å²) in [6.07, 6.45) is 0.974. The molecule has 3 nitrogen and oxygen atoms in total. The number of benzene rings is 1. The number of halogens is 1. The van der Waals surface area contributed by atoms with E-state index in [2.05, 4.69) is 26.1 Å². The van der Waals surface area contributed by atoms with Crippen LogP contribution in [0, 0.1) is 5.92 Å². The van der Waals surface area contributed by atoms with E-state index in [0.29, 0.717) is 10.9 Å². The summed E-state index contributed by atoms with van der Waals surface area (Å²) in [5.41, 5.74) is 1.05. The van der Waals surface area contributed by atoms with Crippen LogP contribution in [0.15, 0.2) is 24.3 Å². The van der Waals surface area contributed by atoms with Crippen LogP contribution in [0.3, 0.4) is 0 Å². The van der Waals surface area contributed by atoms with Crippen LogP contribution >= 0.6 is 11.6 Å². The van der Waals surface area contributed by atoms with Gasteiger partial charge in [0.25, 0.3) is 0 Å². The average molecular weight is 295 g/mol. The molecule has 0 aromatic heterocycles. The van der Waals surface area contributed by atoms with E-state index in [9.17, 15) is 4.79 Å². The molecule has 1 fully saturated rings. The summed E-state index contributed by atoms with van der Waals surface area (Å²) in [4.78, 5) is 14.4. The van der Waals surface area contributed by atoms with Crippen molar-refractivity contribution in [3.63, 3.8) is 0 Å². The first kappa shape index (κ1) is 15.3. The Morgan fingerprint density at radius 3 is 2.70 bits per heavy atom. The molecule has 1 aromatic carbocycles. The van der Waals surface area contributed by atoms with Crippen molar-refractivity contribution >= 4 is 17.5 Å². The highest BCUT2D eigenvalue weighted by Crippen LogP contribution is 2.31. The molecule has 0 radical (unpaired) electrons. The molecule has 0 aliphatic carbocycles. The molecule has 4 atom stereocenters. The molecule has 0 bridgehead atoms. The van der Waals surface area contributed by atoms with E-state index in [0.717, 1.165) is 12.0 Å². The summed E-state index contributed by atoms with van der Waals surface area (Å²) in [7, 11) is 0. The van der Waals surface area contributed by atoms with Gasteiger partial charge in [-0.15, -0.1) is 0 Å². The summed E-state index contributed by atoms with van der Waals surface area (Å²) < 4.78 is 0. The number of rotatable bonds is 4. The smallest absolute Gasteiger partial charge is 0.241 e. The summed E-state index contributed by atoms with van der Waals surface area (Å²) in [6.45, 7) is 8.40. The predicted molar refractivity (Wildman–Crippen MR) is 82.6 cm³/mol. The second-order valence-electron chi connectivity index (χ2n) is 5.72. The lowest BCUT2D eigenvalue weighted by Crippen LogP contribution is -2.41. The average Bonchev–Trinajstić information content (AvgIpc) is 2.73. The third-order valence-electron chi connectivity index (χ3n) is 4.38. The Kier molecular flexibility index (Phi) is 4.71. The molecule has 4 heteroatoms. The van der Waals surface area contributed by atoms with E-state index in [4.69, 9.17) is 11.6 Å². The molecule has 110 valence electrons. The van der Waals surface area contributed by atoms with E-state index in [1.807, 2.05) is 36.1 Å². The SMILES string of the molecule is CCC(C)C(C)N1C(=O)C(C)NC1c1cccc(Cl)c1. The second-order valence-corrected chi connectivity index (χ2v) is 6.15. The zero-order valence-electron chi connectivity index (χ0n) is 12.6. The zero-order chi connectivity index (χ0) is 14.9. The maximum Gasteiger partial charge on any atom is 0.241 e. The lowest BCUT2D eigenvalue weighted by Gasteiger charge is -2.34. The fourth-order valence-corrected chi connectivity index (χ4v) is 2.92. The second kappa shape index (κ2) is 6.15. The highest BCUT2D eigenvalue weighted by atomic mass is 35.5. The van der Waals surface area contributed by atoms with Crippen molar-refractivity contribution in [2.75, 3.05) is 0 Å². The van der Waals surface area contributed by atoms with E-state index in [1.54, 1.807) is 0 Å². The third kappa shape index (κ3) is 2.84. The van der Waals surface area contributed by atoms with Gasteiger partial charge in [-0.2, -0.15) is 0 Å². The van der Waals surface area contributed by atoms with Crippen molar-refractivity contribution in [1.29, 1.82) is 0 Å². The van der Waals surface area contributed by atoms with Crippen LogP contribution in [-0.2, 0) is 4.79 Å². The Balaban J connectivity index is 2.33. The largest absolute Gasteiger partial charge is 0.319 e. The molecular weight excluding hydrogens is 272 g/mol. The first-order valence-corrected chi connectivity index (χ1v) is 7.67. The fourth-order valence-electron chi connectivity index (χ4n) is 2.72. The van der Waals surface area contributed by atoms with Crippen molar-refractivity contribution in [2.24, 2.45) is 5.92 Å². The van der Waals surface area contributed by atoms with Crippen molar-refractivity contribution in [3.05, 3.63) is 34.9 Å². The molecule has 0 spiro atoms. The van der Waals surface area contributed by atoms with Crippen molar-refractivity contribution in [2.45, 2.75) is 52.4 Å². The highest BCUT2D eigenvalue weighted by Gasteiger charge is 2.40. The van der Waals surface area contributed by atoms with Gasteiger partial charge in [0, 0.05) is 11.1 Å². The van der Waals surface area contributed by atoms with Crippen LogP contribution < -0.4 is 5.32 Å². The van der Waals surface area contributed by atoms with Gasteiger partial charge in [-0.3, -0.25) is 10.1 Å². The van der Waals surface area contributed by atoms with Crippen LogP contribution in [0.2, 0.25) is 5.02 Å². The quantitative estimate of drug-likeness (QED) is 0.920. The van der Waals surface area contributed by atoms with Crippen LogP contribution in [0.4, 0.5) is 0 Å². The minimum Gasteiger partial charge on any atom is -0.319 e. The van der Waals surface area contributed by atoms with Gasteiger partial charge in [-0.25, -0.2) is 0 Å². The normalized spacial score (nSPS) is 25.9. The minimum absolute atomic E-state index is 0.0831. The Labute approximate surface area is 126 Å². The molecular formula is C16H23ClN2O. The van der Waals surface area contributed by atoms with Gasteiger partial charge in [0.1, 0.15) is 6.17 Å². The Bertz CT molecular complexity index is 491. The van der Waals surface area contributed by atoms with Crippen LogP contribution in [0.1, 0.15) is 45.8 Å². The summed E-state index contributed by atoms with van der Waals surface area (Å²) in [6, 6.07) is 7.79. The minimum atomic E-state index is -0.148. The maximum absolute atomic E-state index is 12.5. The number of nitrogens with one attached hydrogen (secondary N) is 1. The van der Waals surface area contributed by atoms with Crippen molar-refractivity contribution < 1.29 is 4.79 Å². The Morgan fingerprint density at radius 2 is 2.10 bits per heavy atom. The fraction of sp³-hybridized carbons (Fsp3) is 0.562. The number of carbonyl (C=O) groups excluding carboxylic acids is 1. The molecule has 20 heavy (non-hydrogen) atoms. The van der Waals surface area contributed by atoms with E-state index < -0.39 is 0 Å². The van der Waals surface area contributed by atoms with Crippen molar-refractivity contribution in [3.8, 4) is 0 Å². The lowest BCUT2D eigenvalue weighted by atomic mass is 9.98. The van der Waals surface area contributed by atoms with Gasteiger partial charge in [0.05, 0.1) is 6.04 Å². The Morgan fingerprint density at radius 1 is 1.40 bits per heavy atom. The molecule has 0 saturated carbocycles. The first-order chi connectivity index (χ1) is 9.45. The van der Waals surface area contributed by atoms with Crippen LogP contribution in [0.5, 0.6) is 0 Å². The molecule has 1 heterocycles. The molecule has 1 N–H and O–H groups in total. The van der Waals surface area contributed by atoms with Gasteiger partial charge < -0.3 is 4.90 Å². The van der Waals surface area contributed by atoms with Gasteiger partial charge in [-0.05, 0) is 37.5 Å². The summed E-state index contributed by atoms with van der Waals surface area (Å²) in [5, 5.41) is 4.08. The molecule has 1 aliphatic heterocycles. The number of nitrogens with zero attached hydrogens (tertiary/aromatic N) is 1. The van der Waals surface area contributed by atoms with E-state index >= 15 is 0 Å². The zero-order valence-corrected chi connectivity index (χ0v) is 13.3. The number of hydrogen-bond donors (Lipinski definition) is 1. The predicted octanol–water partition coefficient (Wildman–Crippen LogP) is 3.59. The molecule has 2 rings (SSSR count). The monoisotopic (exact) mass is 294 g/mol. The van der Waals surface area contributed by atoms with Gasteiger partial charge in [0.2, 0.25) is 5.91 Å². The van der Waals surface area contributed by atoms with Gasteiger partial charge in [-0.1, -0.05) is 44.0 Å². The summed E-state index contributed by atoms with van der Waals surface area (Å²) >= 11 is 6.08. The Hall–Kier alpha value is -1.06. The number of hydrogen-bond acceptors (Lipinski definition) is 2. The van der Waals surface area contributed by atoms with Gasteiger partial charge >= 0.3 is 0 Å². The van der Waals surface area contributed by atoms with Gasteiger partial charge in [0.15, 0.2) is 0 Å². The molecule has 1 aliphatic rings. The molecule has 1 amide bonds. The maximum atomic E-state index is 12.5. The molecule has 1 aromatic rings. The van der Waals surface area contributed by atoms with Crippen LogP contribution in [-0.4, -0.2) is 22.9 Å². The first-order valence-electron chi connectivity index (χ1n) is 7.29. The van der Waals surface area contributed by atoms with E-state index in [1.165, 1.54) is 0 Å². The van der Waals surface area contributed by atoms with Crippen LogP contribution in [0.25, 0.3) is 0 Å². The highest BCUT2D eigenvalue weighted by molar-refractivity contribution is 6.30. The molecule has 1 saturated heterocycles.